The zero-order valence-corrected chi connectivity index (χ0v) is 19.0. The first-order valence-corrected chi connectivity index (χ1v) is 11.0. The van der Waals surface area contributed by atoms with Crippen LogP contribution in [0.5, 0.6) is 17.2 Å². The Morgan fingerprint density at radius 1 is 1.21 bits per heavy atom. The van der Waals surface area contributed by atoms with Crippen molar-refractivity contribution in [2.75, 3.05) is 13.7 Å². The predicted molar refractivity (Wildman–Crippen MR) is 124 cm³/mol. The summed E-state index contributed by atoms with van der Waals surface area (Å²) in [6.45, 7) is 3.54. The molecule has 2 N–H and O–H groups in total. The van der Waals surface area contributed by atoms with Crippen molar-refractivity contribution in [3.8, 4) is 17.2 Å². The molecular formula is C24H22N2O6S. The number of thiazole rings is 1. The monoisotopic (exact) mass is 466 g/mol. The highest BCUT2D eigenvalue weighted by Crippen LogP contribution is 2.36. The summed E-state index contributed by atoms with van der Waals surface area (Å²) in [4.78, 5) is 31.2. The van der Waals surface area contributed by atoms with E-state index in [1.165, 1.54) is 17.7 Å². The third-order valence-electron chi connectivity index (χ3n) is 5.28. The van der Waals surface area contributed by atoms with E-state index in [1.807, 2.05) is 0 Å². The molecule has 8 nitrogen and oxygen atoms in total. The molecular weight excluding hydrogens is 444 g/mol. The minimum absolute atomic E-state index is 0.0389. The Hall–Kier alpha value is -3.85. The lowest BCUT2D eigenvalue weighted by atomic mass is 9.96. The fraction of sp³-hybridized carbons (Fsp3) is 0.208. The van der Waals surface area contributed by atoms with Gasteiger partial charge in [0.25, 0.3) is 5.56 Å². The Labute approximate surface area is 193 Å². The van der Waals surface area contributed by atoms with Gasteiger partial charge in [-0.15, -0.1) is 0 Å². The van der Waals surface area contributed by atoms with E-state index >= 15 is 0 Å². The molecule has 1 atom stereocenters. The van der Waals surface area contributed by atoms with E-state index in [4.69, 9.17) is 14.5 Å². The number of phenolic OH excluding ortho intramolecular Hbond substituents is 2. The van der Waals surface area contributed by atoms with Crippen molar-refractivity contribution in [3.63, 3.8) is 0 Å². The van der Waals surface area contributed by atoms with Gasteiger partial charge in [-0.3, -0.25) is 9.36 Å². The van der Waals surface area contributed by atoms with Crippen LogP contribution in [0, 0.1) is 0 Å². The van der Waals surface area contributed by atoms with Gasteiger partial charge in [-0.05, 0) is 43.7 Å². The van der Waals surface area contributed by atoms with Gasteiger partial charge in [0.15, 0.2) is 16.3 Å². The second-order valence-electron chi connectivity index (χ2n) is 7.28. The fourth-order valence-electron chi connectivity index (χ4n) is 3.67. The Kier molecular flexibility index (Phi) is 6.06. The molecule has 33 heavy (non-hydrogen) atoms. The smallest absolute Gasteiger partial charge is 0.338 e. The number of para-hydroxylation sites is 1. The number of phenols is 2. The summed E-state index contributed by atoms with van der Waals surface area (Å²) >= 11 is 1.16. The second-order valence-corrected chi connectivity index (χ2v) is 8.28. The summed E-state index contributed by atoms with van der Waals surface area (Å²) in [6.07, 6.45) is 1.60. The van der Waals surface area contributed by atoms with E-state index in [0.717, 1.165) is 11.3 Å². The van der Waals surface area contributed by atoms with Gasteiger partial charge < -0.3 is 19.7 Å². The third kappa shape index (κ3) is 4.03. The number of methoxy groups -OCH3 is 1. The first kappa shape index (κ1) is 22.3. The maximum atomic E-state index is 13.2. The van der Waals surface area contributed by atoms with Crippen LogP contribution >= 0.6 is 11.3 Å². The van der Waals surface area contributed by atoms with Gasteiger partial charge in [0.2, 0.25) is 0 Å². The molecule has 0 amide bonds. The number of fused-ring (bicyclic) bond motifs is 1. The summed E-state index contributed by atoms with van der Waals surface area (Å²) in [5, 5.41) is 20.1. The van der Waals surface area contributed by atoms with Crippen LogP contribution in [0.25, 0.3) is 11.8 Å². The minimum Gasteiger partial charge on any atom is -0.507 e. The number of aromatic hydroxyl groups is 2. The van der Waals surface area contributed by atoms with Gasteiger partial charge in [0, 0.05) is 11.3 Å². The number of nitrogens with zero attached hydrogens (tertiary/aromatic N) is 2. The molecule has 170 valence electrons. The molecule has 1 aromatic heterocycles. The molecule has 0 bridgehead atoms. The second kappa shape index (κ2) is 8.95. The van der Waals surface area contributed by atoms with Crippen LogP contribution < -0.4 is 19.6 Å². The Morgan fingerprint density at radius 2 is 1.97 bits per heavy atom. The average molecular weight is 467 g/mol. The van der Waals surface area contributed by atoms with Crippen molar-refractivity contribution in [1.29, 1.82) is 0 Å². The number of ether oxygens (including phenoxy) is 2. The Morgan fingerprint density at radius 3 is 2.67 bits per heavy atom. The Bertz CT molecular complexity index is 1450. The number of carbonyl (C=O) groups is 1. The van der Waals surface area contributed by atoms with Crippen LogP contribution in [0.3, 0.4) is 0 Å². The largest absolute Gasteiger partial charge is 0.507 e. The normalized spacial score (nSPS) is 15.7. The molecule has 3 aromatic rings. The van der Waals surface area contributed by atoms with Crippen molar-refractivity contribution >= 4 is 29.1 Å². The van der Waals surface area contributed by atoms with Crippen LogP contribution in [-0.4, -0.2) is 34.5 Å². The van der Waals surface area contributed by atoms with E-state index in [2.05, 4.69) is 0 Å². The quantitative estimate of drug-likeness (QED) is 0.559. The standard InChI is InChI=1S/C24H22N2O6S/c1-4-32-23(30)20-13(2)26-22(29)19(12-14-7-5-6-8-16(14)27)33-24(26)25-21(20)15-9-10-17(28)18(11-15)31-3/h5-12,21,27-28H,4H2,1-3H3/b19-12-/t21-/m0/s1. The van der Waals surface area contributed by atoms with Crippen molar-refractivity contribution in [2.24, 2.45) is 4.99 Å². The number of allylic oxidation sites excluding steroid dienone is 1. The van der Waals surface area contributed by atoms with E-state index in [-0.39, 0.29) is 35.0 Å². The third-order valence-corrected chi connectivity index (χ3v) is 6.27. The molecule has 2 aromatic carbocycles. The zero-order valence-electron chi connectivity index (χ0n) is 18.2. The van der Waals surface area contributed by atoms with Gasteiger partial charge in [-0.1, -0.05) is 35.6 Å². The number of carbonyl (C=O) groups excluding carboxylic acids is 1. The molecule has 4 rings (SSSR count). The lowest BCUT2D eigenvalue weighted by Crippen LogP contribution is -2.35. The van der Waals surface area contributed by atoms with Gasteiger partial charge in [-0.25, -0.2) is 9.79 Å². The van der Waals surface area contributed by atoms with Crippen molar-refractivity contribution in [3.05, 3.63) is 78.9 Å². The molecule has 0 radical (unpaired) electrons. The van der Waals surface area contributed by atoms with Crippen molar-refractivity contribution in [2.45, 2.75) is 19.9 Å². The summed E-state index contributed by atoms with van der Waals surface area (Å²) in [5.41, 5.74) is 1.40. The van der Waals surface area contributed by atoms with Crippen LogP contribution in [0.1, 0.15) is 31.0 Å². The van der Waals surface area contributed by atoms with Crippen LogP contribution in [0.15, 0.2) is 57.8 Å². The molecule has 0 fully saturated rings. The number of aromatic nitrogens is 1. The van der Waals surface area contributed by atoms with Crippen LogP contribution in [-0.2, 0) is 9.53 Å². The van der Waals surface area contributed by atoms with E-state index in [1.54, 1.807) is 56.3 Å². The predicted octanol–water partition coefficient (Wildman–Crippen LogP) is 2.33. The molecule has 9 heteroatoms. The molecule has 0 saturated heterocycles. The first-order chi connectivity index (χ1) is 15.8. The van der Waals surface area contributed by atoms with Crippen molar-refractivity contribution < 1.29 is 24.5 Å². The van der Waals surface area contributed by atoms with Crippen LogP contribution in [0.2, 0.25) is 0 Å². The number of esters is 1. The van der Waals surface area contributed by atoms with Crippen molar-refractivity contribution in [1.82, 2.24) is 4.57 Å². The summed E-state index contributed by atoms with van der Waals surface area (Å²) in [6, 6.07) is 10.7. The van der Waals surface area contributed by atoms with Gasteiger partial charge >= 0.3 is 5.97 Å². The number of hydrogen-bond acceptors (Lipinski definition) is 8. The maximum absolute atomic E-state index is 13.2. The topological polar surface area (TPSA) is 110 Å². The molecule has 1 aliphatic rings. The van der Waals surface area contributed by atoms with Gasteiger partial charge in [0.05, 0.1) is 23.8 Å². The van der Waals surface area contributed by atoms with Gasteiger partial charge in [0.1, 0.15) is 11.8 Å². The molecule has 0 spiro atoms. The Balaban J connectivity index is 1.97. The summed E-state index contributed by atoms with van der Waals surface area (Å²) in [5.74, 6) is -0.321. The highest BCUT2D eigenvalue weighted by molar-refractivity contribution is 7.07. The number of hydrogen-bond donors (Lipinski definition) is 2. The molecule has 1 aliphatic heterocycles. The van der Waals surface area contributed by atoms with E-state index in [0.29, 0.717) is 26.2 Å². The summed E-state index contributed by atoms with van der Waals surface area (Å²) in [7, 11) is 1.43. The SMILES string of the molecule is CCOC(=O)C1=C(C)n2c(s/c(=C\c3ccccc3O)c2=O)=N[C@H]1c1ccc(O)c(OC)c1. The van der Waals surface area contributed by atoms with E-state index in [9.17, 15) is 19.8 Å². The summed E-state index contributed by atoms with van der Waals surface area (Å²) < 4.78 is 12.2. The molecule has 0 unspecified atom stereocenters. The number of benzene rings is 2. The lowest BCUT2D eigenvalue weighted by Gasteiger charge is -2.22. The fourth-order valence-corrected chi connectivity index (χ4v) is 4.70. The van der Waals surface area contributed by atoms with Gasteiger partial charge in [-0.2, -0.15) is 0 Å². The zero-order chi connectivity index (χ0) is 23.7. The van der Waals surface area contributed by atoms with Crippen LogP contribution in [0.4, 0.5) is 0 Å². The minimum atomic E-state index is -0.755. The molecule has 2 heterocycles. The number of rotatable bonds is 5. The highest BCUT2D eigenvalue weighted by atomic mass is 32.1. The molecule has 0 aliphatic carbocycles. The average Bonchev–Trinajstić information content (AvgIpc) is 3.11. The lowest BCUT2D eigenvalue weighted by molar-refractivity contribution is -0.138. The first-order valence-electron chi connectivity index (χ1n) is 10.2. The maximum Gasteiger partial charge on any atom is 0.338 e. The molecule has 0 saturated carbocycles. The highest BCUT2D eigenvalue weighted by Gasteiger charge is 2.32. The van der Waals surface area contributed by atoms with E-state index < -0.39 is 12.0 Å².